The van der Waals surface area contributed by atoms with Crippen LogP contribution < -0.4 is 0 Å². The highest BCUT2D eigenvalue weighted by molar-refractivity contribution is 5.90. The number of benzene rings is 1. The van der Waals surface area contributed by atoms with E-state index in [1.807, 2.05) is 48.0 Å². The summed E-state index contributed by atoms with van der Waals surface area (Å²) in [6.07, 6.45) is 1.43. The van der Waals surface area contributed by atoms with E-state index in [2.05, 4.69) is 14.7 Å². The summed E-state index contributed by atoms with van der Waals surface area (Å²) < 4.78 is 6.62. The standard InChI is InChI=1S/C15H13N3O2/c1-18-13(10-6-4-3-5-7-10)8-11-14(18)16-9-12(17-11)15(19)20-2/h3-9H,1-2H3. The summed E-state index contributed by atoms with van der Waals surface area (Å²) in [7, 11) is 3.26. The number of fused-ring (bicyclic) bond motifs is 1. The van der Waals surface area contributed by atoms with Crippen molar-refractivity contribution in [2.45, 2.75) is 0 Å². The van der Waals surface area contributed by atoms with Crippen molar-refractivity contribution in [3.05, 3.63) is 48.3 Å². The molecule has 3 aromatic rings. The van der Waals surface area contributed by atoms with E-state index >= 15 is 0 Å². The summed E-state index contributed by atoms with van der Waals surface area (Å²) in [5.74, 6) is -0.482. The van der Waals surface area contributed by atoms with Crippen LogP contribution in [0.3, 0.4) is 0 Å². The molecule has 0 amide bonds. The second kappa shape index (κ2) is 4.77. The lowest BCUT2D eigenvalue weighted by Crippen LogP contribution is -2.05. The lowest BCUT2D eigenvalue weighted by atomic mass is 10.1. The van der Waals surface area contributed by atoms with E-state index in [0.29, 0.717) is 5.52 Å². The Bertz CT molecular complexity index is 778. The molecule has 2 heterocycles. The average Bonchev–Trinajstić information content (AvgIpc) is 2.84. The molecule has 0 aliphatic heterocycles. The van der Waals surface area contributed by atoms with E-state index < -0.39 is 5.97 Å². The maximum Gasteiger partial charge on any atom is 0.358 e. The average molecular weight is 267 g/mol. The topological polar surface area (TPSA) is 57.0 Å². The van der Waals surface area contributed by atoms with E-state index in [1.54, 1.807) is 0 Å². The van der Waals surface area contributed by atoms with Crippen molar-refractivity contribution >= 4 is 17.1 Å². The fourth-order valence-electron chi connectivity index (χ4n) is 2.18. The van der Waals surface area contributed by atoms with Gasteiger partial charge in [0.05, 0.1) is 19.0 Å². The van der Waals surface area contributed by atoms with Gasteiger partial charge >= 0.3 is 5.97 Å². The van der Waals surface area contributed by atoms with Crippen LogP contribution in [0.4, 0.5) is 0 Å². The number of methoxy groups -OCH3 is 1. The van der Waals surface area contributed by atoms with Crippen LogP contribution in [0.1, 0.15) is 10.5 Å². The summed E-state index contributed by atoms with van der Waals surface area (Å²) in [6.45, 7) is 0. The summed E-state index contributed by atoms with van der Waals surface area (Å²) in [5, 5.41) is 0. The molecule has 0 spiro atoms. The molecular weight excluding hydrogens is 254 g/mol. The Hall–Kier alpha value is -2.69. The molecule has 0 saturated heterocycles. The van der Waals surface area contributed by atoms with Crippen molar-refractivity contribution < 1.29 is 9.53 Å². The second-order valence-corrected chi connectivity index (χ2v) is 4.41. The number of aryl methyl sites for hydroxylation is 1. The summed E-state index contributed by atoms with van der Waals surface area (Å²) in [6, 6.07) is 11.9. The number of esters is 1. The number of carbonyl (C=O) groups is 1. The van der Waals surface area contributed by atoms with Crippen molar-refractivity contribution in [3.63, 3.8) is 0 Å². The van der Waals surface area contributed by atoms with E-state index in [-0.39, 0.29) is 5.69 Å². The summed E-state index contributed by atoms with van der Waals surface area (Å²) >= 11 is 0. The van der Waals surface area contributed by atoms with Crippen LogP contribution in [-0.2, 0) is 11.8 Å². The highest BCUT2D eigenvalue weighted by Crippen LogP contribution is 2.24. The normalized spacial score (nSPS) is 10.7. The van der Waals surface area contributed by atoms with Crippen LogP contribution >= 0.6 is 0 Å². The third-order valence-electron chi connectivity index (χ3n) is 3.20. The summed E-state index contributed by atoms with van der Waals surface area (Å²) in [5.41, 5.74) is 3.70. The predicted molar refractivity (Wildman–Crippen MR) is 75.3 cm³/mol. The van der Waals surface area contributed by atoms with Crippen LogP contribution in [0.2, 0.25) is 0 Å². The Balaban J connectivity index is 2.17. The molecule has 0 radical (unpaired) electrons. The zero-order chi connectivity index (χ0) is 14.1. The maximum absolute atomic E-state index is 11.5. The van der Waals surface area contributed by atoms with Crippen molar-refractivity contribution in [1.29, 1.82) is 0 Å². The summed E-state index contributed by atoms with van der Waals surface area (Å²) in [4.78, 5) is 20.1. The third-order valence-corrected chi connectivity index (χ3v) is 3.20. The molecule has 0 unspecified atom stereocenters. The van der Waals surface area contributed by atoms with E-state index in [0.717, 1.165) is 16.9 Å². The molecule has 0 atom stereocenters. The lowest BCUT2D eigenvalue weighted by molar-refractivity contribution is 0.0594. The Morgan fingerprint density at radius 1 is 1.25 bits per heavy atom. The molecule has 20 heavy (non-hydrogen) atoms. The smallest absolute Gasteiger partial charge is 0.358 e. The largest absolute Gasteiger partial charge is 0.464 e. The Morgan fingerprint density at radius 3 is 2.70 bits per heavy atom. The first-order chi connectivity index (χ1) is 9.70. The van der Waals surface area contributed by atoms with Crippen molar-refractivity contribution in [1.82, 2.24) is 14.5 Å². The van der Waals surface area contributed by atoms with Gasteiger partial charge in [0.1, 0.15) is 5.52 Å². The van der Waals surface area contributed by atoms with Crippen LogP contribution in [0, 0.1) is 0 Å². The number of hydrogen-bond donors (Lipinski definition) is 0. The van der Waals surface area contributed by atoms with Gasteiger partial charge in [-0.05, 0) is 11.6 Å². The molecule has 0 fully saturated rings. The lowest BCUT2D eigenvalue weighted by Gasteiger charge is -2.03. The van der Waals surface area contributed by atoms with Gasteiger partial charge in [-0.15, -0.1) is 0 Å². The molecule has 100 valence electrons. The van der Waals surface area contributed by atoms with Gasteiger partial charge in [-0.3, -0.25) is 0 Å². The number of aromatic nitrogens is 3. The zero-order valence-corrected chi connectivity index (χ0v) is 11.2. The van der Waals surface area contributed by atoms with Crippen LogP contribution in [0.25, 0.3) is 22.4 Å². The minimum Gasteiger partial charge on any atom is -0.464 e. The van der Waals surface area contributed by atoms with Gasteiger partial charge in [0.15, 0.2) is 11.3 Å². The molecule has 0 aliphatic rings. The first-order valence-corrected chi connectivity index (χ1v) is 6.17. The molecule has 5 heteroatoms. The van der Waals surface area contributed by atoms with Crippen molar-refractivity contribution in [2.24, 2.45) is 7.05 Å². The number of rotatable bonds is 2. The highest BCUT2D eigenvalue weighted by Gasteiger charge is 2.13. The Kier molecular flexibility index (Phi) is 2.95. The molecule has 0 aliphatic carbocycles. The zero-order valence-electron chi connectivity index (χ0n) is 11.2. The molecule has 5 nitrogen and oxygen atoms in total. The second-order valence-electron chi connectivity index (χ2n) is 4.41. The molecule has 3 rings (SSSR count). The maximum atomic E-state index is 11.5. The molecular formula is C15H13N3O2. The molecule has 2 aromatic heterocycles. The van der Waals surface area contributed by atoms with E-state index in [1.165, 1.54) is 13.3 Å². The SMILES string of the molecule is COC(=O)c1cnc2c(cc(-c3ccccc3)n2C)n1. The van der Waals surface area contributed by atoms with Gasteiger partial charge in [-0.2, -0.15) is 0 Å². The van der Waals surface area contributed by atoms with Gasteiger partial charge in [-0.1, -0.05) is 30.3 Å². The van der Waals surface area contributed by atoms with E-state index in [4.69, 9.17) is 0 Å². The van der Waals surface area contributed by atoms with Gasteiger partial charge < -0.3 is 9.30 Å². The molecule has 0 saturated carbocycles. The van der Waals surface area contributed by atoms with Crippen molar-refractivity contribution in [2.75, 3.05) is 7.11 Å². The van der Waals surface area contributed by atoms with Crippen LogP contribution in [-0.4, -0.2) is 27.6 Å². The van der Waals surface area contributed by atoms with E-state index in [9.17, 15) is 4.79 Å². The third kappa shape index (κ3) is 1.93. The van der Waals surface area contributed by atoms with Crippen LogP contribution in [0.5, 0.6) is 0 Å². The quantitative estimate of drug-likeness (QED) is 0.669. The Morgan fingerprint density at radius 2 is 2.00 bits per heavy atom. The van der Waals surface area contributed by atoms with Crippen LogP contribution in [0.15, 0.2) is 42.6 Å². The fourth-order valence-corrected chi connectivity index (χ4v) is 2.18. The first kappa shape index (κ1) is 12.3. The number of carbonyl (C=O) groups excluding carboxylic acids is 1. The minimum absolute atomic E-state index is 0.213. The predicted octanol–water partition coefficient (Wildman–Crippen LogP) is 2.42. The minimum atomic E-state index is -0.482. The Labute approximate surface area is 115 Å². The van der Waals surface area contributed by atoms with Gasteiger partial charge in [0.2, 0.25) is 0 Å². The number of hydrogen-bond acceptors (Lipinski definition) is 4. The number of nitrogens with zero attached hydrogens (tertiary/aromatic N) is 3. The fraction of sp³-hybridized carbons (Fsp3) is 0.133. The molecule has 1 aromatic carbocycles. The highest BCUT2D eigenvalue weighted by atomic mass is 16.5. The van der Waals surface area contributed by atoms with Gasteiger partial charge in [0.25, 0.3) is 0 Å². The molecule has 0 bridgehead atoms. The monoisotopic (exact) mass is 267 g/mol. The van der Waals surface area contributed by atoms with Crippen molar-refractivity contribution in [3.8, 4) is 11.3 Å². The van der Waals surface area contributed by atoms with Gasteiger partial charge in [-0.25, -0.2) is 14.8 Å². The van der Waals surface area contributed by atoms with Gasteiger partial charge in [0, 0.05) is 7.05 Å². The molecule has 0 N–H and O–H groups in total. The number of ether oxygens (including phenoxy) is 1. The first-order valence-electron chi connectivity index (χ1n) is 6.17.